The second-order valence-electron chi connectivity index (χ2n) is 5.74. The van der Waals surface area contributed by atoms with Gasteiger partial charge in [0.25, 0.3) is 0 Å². The van der Waals surface area contributed by atoms with Crippen molar-refractivity contribution >= 4 is 5.91 Å². The molecule has 2 aliphatic heterocycles. The predicted molar refractivity (Wildman–Crippen MR) is 59.9 cm³/mol. The number of amides is 1. The second kappa shape index (κ2) is 3.20. The molecule has 1 spiro atoms. The molecule has 4 heteroatoms. The summed E-state index contributed by atoms with van der Waals surface area (Å²) in [6, 6.07) is 0. The molecule has 1 amide bonds. The van der Waals surface area contributed by atoms with E-state index in [1.54, 1.807) is 0 Å². The molecule has 0 bridgehead atoms. The van der Waals surface area contributed by atoms with E-state index in [-0.39, 0.29) is 23.2 Å². The van der Waals surface area contributed by atoms with Crippen molar-refractivity contribution in [1.82, 2.24) is 10.2 Å². The minimum Gasteiger partial charge on any atom is -0.373 e. The number of hydrogen-bond donors (Lipinski definition) is 1. The van der Waals surface area contributed by atoms with Crippen LogP contribution in [0.2, 0.25) is 0 Å². The highest BCUT2D eigenvalue weighted by Crippen LogP contribution is 2.42. The molecule has 3 fully saturated rings. The molecular weight excluding hydrogens is 204 g/mol. The van der Waals surface area contributed by atoms with Crippen LogP contribution < -0.4 is 5.32 Å². The van der Waals surface area contributed by atoms with Gasteiger partial charge in [0.15, 0.2) is 0 Å². The first kappa shape index (κ1) is 10.5. The number of ether oxygens (including phenoxy) is 1. The van der Waals surface area contributed by atoms with Gasteiger partial charge in [-0.2, -0.15) is 0 Å². The van der Waals surface area contributed by atoms with Crippen molar-refractivity contribution in [2.45, 2.75) is 56.8 Å². The fraction of sp³-hybridized carbons (Fsp3) is 0.917. The van der Waals surface area contributed by atoms with Gasteiger partial charge in [-0.1, -0.05) is 0 Å². The summed E-state index contributed by atoms with van der Waals surface area (Å²) in [6.07, 6.45) is 4.35. The normalized spacial score (nSPS) is 41.0. The zero-order valence-corrected chi connectivity index (χ0v) is 10.1. The van der Waals surface area contributed by atoms with Gasteiger partial charge >= 0.3 is 0 Å². The fourth-order valence-corrected chi connectivity index (χ4v) is 3.00. The van der Waals surface area contributed by atoms with Crippen molar-refractivity contribution in [1.29, 1.82) is 0 Å². The quantitative estimate of drug-likeness (QED) is 0.756. The summed E-state index contributed by atoms with van der Waals surface area (Å²) in [5.41, 5.74) is -0.305. The molecule has 3 rings (SSSR count). The van der Waals surface area contributed by atoms with Gasteiger partial charge in [0, 0.05) is 6.61 Å². The standard InChI is InChI=1S/C12H20N2O2/c1-9-13-12(5-6-12)10(15)14(9)8-11(2)4-3-7-16-11/h9,13H,3-8H2,1-2H3. The molecular formula is C12H20N2O2. The van der Waals surface area contributed by atoms with E-state index in [2.05, 4.69) is 19.2 Å². The van der Waals surface area contributed by atoms with E-state index < -0.39 is 0 Å². The van der Waals surface area contributed by atoms with E-state index in [0.29, 0.717) is 0 Å². The maximum Gasteiger partial charge on any atom is 0.244 e. The van der Waals surface area contributed by atoms with Gasteiger partial charge in [-0.05, 0) is 39.5 Å². The van der Waals surface area contributed by atoms with E-state index in [4.69, 9.17) is 4.74 Å². The van der Waals surface area contributed by atoms with Crippen LogP contribution in [-0.2, 0) is 9.53 Å². The molecule has 1 saturated carbocycles. The Balaban J connectivity index is 1.72. The van der Waals surface area contributed by atoms with Gasteiger partial charge in [-0.3, -0.25) is 10.1 Å². The Morgan fingerprint density at radius 3 is 2.75 bits per heavy atom. The predicted octanol–water partition coefficient (Wildman–Crippen LogP) is 0.866. The highest BCUT2D eigenvalue weighted by Gasteiger charge is 2.58. The monoisotopic (exact) mass is 224 g/mol. The second-order valence-corrected chi connectivity index (χ2v) is 5.74. The maximum absolute atomic E-state index is 12.2. The molecule has 2 atom stereocenters. The zero-order chi connectivity index (χ0) is 11.4. The summed E-state index contributed by atoms with van der Waals surface area (Å²) >= 11 is 0. The van der Waals surface area contributed by atoms with Gasteiger partial charge in [0.2, 0.25) is 5.91 Å². The average molecular weight is 224 g/mol. The van der Waals surface area contributed by atoms with E-state index in [1.807, 2.05) is 4.90 Å². The summed E-state index contributed by atoms with van der Waals surface area (Å²) in [7, 11) is 0. The Hall–Kier alpha value is -0.610. The highest BCUT2D eigenvalue weighted by atomic mass is 16.5. The number of carbonyl (C=O) groups is 1. The van der Waals surface area contributed by atoms with Crippen molar-refractivity contribution in [2.75, 3.05) is 13.2 Å². The topological polar surface area (TPSA) is 41.6 Å². The number of nitrogens with one attached hydrogen (secondary N) is 1. The maximum atomic E-state index is 12.2. The van der Waals surface area contributed by atoms with Crippen molar-refractivity contribution in [2.24, 2.45) is 0 Å². The summed E-state index contributed by atoms with van der Waals surface area (Å²) in [5, 5.41) is 3.42. The third-order valence-electron chi connectivity index (χ3n) is 4.18. The minimum atomic E-state index is -0.186. The van der Waals surface area contributed by atoms with Gasteiger partial charge in [-0.15, -0.1) is 0 Å². The zero-order valence-electron chi connectivity index (χ0n) is 10.1. The van der Waals surface area contributed by atoms with Crippen LogP contribution in [0, 0.1) is 0 Å². The Labute approximate surface area is 96.3 Å². The van der Waals surface area contributed by atoms with Gasteiger partial charge in [-0.25, -0.2) is 0 Å². The summed E-state index contributed by atoms with van der Waals surface area (Å²) in [5.74, 6) is 0.289. The third kappa shape index (κ3) is 1.47. The molecule has 1 N–H and O–H groups in total. The number of nitrogens with zero attached hydrogens (tertiary/aromatic N) is 1. The lowest BCUT2D eigenvalue weighted by Crippen LogP contribution is -2.45. The third-order valence-corrected chi connectivity index (χ3v) is 4.18. The molecule has 0 aromatic heterocycles. The number of hydrogen-bond acceptors (Lipinski definition) is 3. The summed E-state index contributed by atoms with van der Waals surface area (Å²) in [6.45, 7) is 5.77. The van der Waals surface area contributed by atoms with Crippen LogP contribution in [-0.4, -0.2) is 41.3 Å². The first-order valence-electron chi connectivity index (χ1n) is 6.28. The molecule has 0 aromatic rings. The molecule has 2 heterocycles. The molecule has 2 saturated heterocycles. The Morgan fingerprint density at radius 2 is 2.25 bits per heavy atom. The van der Waals surface area contributed by atoms with E-state index in [1.165, 1.54) is 0 Å². The van der Waals surface area contributed by atoms with Crippen LogP contribution in [0.3, 0.4) is 0 Å². The lowest BCUT2D eigenvalue weighted by Gasteiger charge is -2.31. The Morgan fingerprint density at radius 1 is 1.50 bits per heavy atom. The Kier molecular flexibility index (Phi) is 2.11. The lowest BCUT2D eigenvalue weighted by atomic mass is 10.0. The van der Waals surface area contributed by atoms with Gasteiger partial charge in [0.05, 0.1) is 23.9 Å². The summed E-state index contributed by atoms with van der Waals surface area (Å²) < 4.78 is 5.77. The first-order valence-corrected chi connectivity index (χ1v) is 6.28. The number of rotatable bonds is 2. The molecule has 0 aromatic carbocycles. The highest BCUT2D eigenvalue weighted by molar-refractivity contribution is 5.91. The van der Waals surface area contributed by atoms with Crippen molar-refractivity contribution in [3.8, 4) is 0 Å². The van der Waals surface area contributed by atoms with Crippen LogP contribution in [0.25, 0.3) is 0 Å². The fourth-order valence-electron chi connectivity index (χ4n) is 3.00. The summed E-state index contributed by atoms with van der Waals surface area (Å²) in [4.78, 5) is 14.2. The molecule has 90 valence electrons. The van der Waals surface area contributed by atoms with E-state index in [0.717, 1.165) is 38.8 Å². The van der Waals surface area contributed by atoms with Crippen LogP contribution >= 0.6 is 0 Å². The van der Waals surface area contributed by atoms with Crippen LogP contribution in [0.15, 0.2) is 0 Å². The van der Waals surface area contributed by atoms with Crippen LogP contribution in [0.4, 0.5) is 0 Å². The van der Waals surface area contributed by atoms with Crippen LogP contribution in [0.5, 0.6) is 0 Å². The van der Waals surface area contributed by atoms with Gasteiger partial charge in [0.1, 0.15) is 0 Å². The van der Waals surface area contributed by atoms with Crippen LogP contribution in [0.1, 0.15) is 39.5 Å². The number of carbonyl (C=O) groups excluding carboxylic acids is 1. The van der Waals surface area contributed by atoms with Crippen molar-refractivity contribution in [3.05, 3.63) is 0 Å². The largest absolute Gasteiger partial charge is 0.373 e. The molecule has 2 unspecified atom stereocenters. The smallest absolute Gasteiger partial charge is 0.244 e. The van der Waals surface area contributed by atoms with E-state index >= 15 is 0 Å². The molecule has 16 heavy (non-hydrogen) atoms. The molecule has 4 nitrogen and oxygen atoms in total. The van der Waals surface area contributed by atoms with Crippen molar-refractivity contribution < 1.29 is 9.53 Å². The van der Waals surface area contributed by atoms with E-state index in [9.17, 15) is 4.79 Å². The molecule has 0 radical (unpaired) electrons. The Bertz CT molecular complexity index is 319. The minimum absolute atomic E-state index is 0.119. The first-order chi connectivity index (χ1) is 7.55. The molecule has 3 aliphatic rings. The average Bonchev–Trinajstić information content (AvgIpc) is 2.83. The molecule has 1 aliphatic carbocycles. The van der Waals surface area contributed by atoms with Crippen molar-refractivity contribution in [3.63, 3.8) is 0 Å². The van der Waals surface area contributed by atoms with Gasteiger partial charge < -0.3 is 9.64 Å². The SMILES string of the molecule is CC1NC2(CC2)C(=O)N1CC1(C)CCCO1. The lowest BCUT2D eigenvalue weighted by molar-refractivity contribution is -0.134.